The number of aromatic nitrogens is 4. The largest absolute Gasteiger partial charge is 0.372 e. The van der Waals surface area contributed by atoms with E-state index in [1.54, 1.807) is 6.20 Å². The van der Waals surface area contributed by atoms with Crippen LogP contribution in [0.25, 0.3) is 5.69 Å². The maximum atomic E-state index is 5.45. The van der Waals surface area contributed by atoms with Crippen molar-refractivity contribution < 1.29 is 4.74 Å². The average Bonchev–Trinajstić information content (AvgIpc) is 3.30. The molecule has 0 saturated carbocycles. The number of ether oxygens (including phenoxy) is 1. The fourth-order valence-electron chi connectivity index (χ4n) is 3.14. The van der Waals surface area contributed by atoms with Gasteiger partial charge in [-0.25, -0.2) is 9.67 Å². The number of imidazole rings is 1. The molecule has 1 aromatic carbocycles. The van der Waals surface area contributed by atoms with E-state index < -0.39 is 0 Å². The van der Waals surface area contributed by atoms with E-state index >= 15 is 0 Å². The molecule has 24 heavy (non-hydrogen) atoms. The van der Waals surface area contributed by atoms with Gasteiger partial charge < -0.3 is 14.6 Å². The number of fused-ring (bicyclic) bond motifs is 1. The average molecular weight is 323 g/mol. The molecule has 1 unspecified atom stereocenters. The van der Waals surface area contributed by atoms with Gasteiger partial charge in [0.1, 0.15) is 12.4 Å². The Labute approximate surface area is 141 Å². The number of nitrogens with zero attached hydrogens (tertiary/aromatic N) is 4. The third-order valence-electron chi connectivity index (χ3n) is 4.46. The highest BCUT2D eigenvalue weighted by molar-refractivity contribution is 5.42. The van der Waals surface area contributed by atoms with Gasteiger partial charge in [0, 0.05) is 37.7 Å². The first kappa shape index (κ1) is 15.1. The van der Waals surface area contributed by atoms with E-state index in [0.29, 0.717) is 6.61 Å². The summed E-state index contributed by atoms with van der Waals surface area (Å²) < 4.78 is 9.61. The minimum atomic E-state index is 0.205. The molecule has 1 N–H and O–H groups in total. The third kappa shape index (κ3) is 2.86. The van der Waals surface area contributed by atoms with E-state index in [1.165, 1.54) is 11.3 Å². The Balaban J connectivity index is 1.51. The van der Waals surface area contributed by atoms with Crippen LogP contribution >= 0.6 is 0 Å². The summed E-state index contributed by atoms with van der Waals surface area (Å²) in [4.78, 5) is 4.45. The molecule has 6 nitrogen and oxygen atoms in total. The topological polar surface area (TPSA) is 56.9 Å². The molecule has 6 heteroatoms. The smallest absolute Gasteiger partial charge is 0.135 e. The van der Waals surface area contributed by atoms with Crippen molar-refractivity contribution >= 4 is 0 Å². The summed E-state index contributed by atoms with van der Waals surface area (Å²) in [5.41, 5.74) is 3.53. The molecule has 0 aliphatic carbocycles. The standard InChI is InChI=1S/C18H21N5O/c1-14(16-5-2-3-6-17(16)23-8-4-7-21-23)19-11-15-12-20-18-13-24-10-9-22(15)18/h2-8,12,14,19H,9-11,13H2,1H3. The number of benzene rings is 1. The van der Waals surface area contributed by atoms with Crippen LogP contribution in [0.15, 0.2) is 48.9 Å². The lowest BCUT2D eigenvalue weighted by molar-refractivity contribution is 0.0805. The molecular formula is C18H21N5O. The van der Waals surface area contributed by atoms with Crippen LogP contribution in [0.4, 0.5) is 0 Å². The maximum absolute atomic E-state index is 5.45. The van der Waals surface area contributed by atoms with Crippen LogP contribution in [0.1, 0.15) is 30.0 Å². The summed E-state index contributed by atoms with van der Waals surface area (Å²) in [5, 5.41) is 7.97. The number of para-hydroxylation sites is 1. The molecule has 3 aromatic rings. The SMILES string of the molecule is CC(NCc1cnc2n1CCOC2)c1ccccc1-n1cccn1. The highest BCUT2D eigenvalue weighted by atomic mass is 16.5. The molecule has 4 rings (SSSR count). The molecular weight excluding hydrogens is 302 g/mol. The Kier molecular flexibility index (Phi) is 4.15. The van der Waals surface area contributed by atoms with Crippen LogP contribution in [0.2, 0.25) is 0 Å². The van der Waals surface area contributed by atoms with Crippen molar-refractivity contribution in [3.05, 3.63) is 66.0 Å². The molecule has 2 aromatic heterocycles. The van der Waals surface area contributed by atoms with Crippen LogP contribution in [0.5, 0.6) is 0 Å². The van der Waals surface area contributed by atoms with Gasteiger partial charge in [-0.15, -0.1) is 0 Å². The fourth-order valence-corrected chi connectivity index (χ4v) is 3.14. The van der Waals surface area contributed by atoms with Crippen molar-refractivity contribution in [2.45, 2.75) is 32.7 Å². The molecule has 0 saturated heterocycles. The molecule has 0 bridgehead atoms. The van der Waals surface area contributed by atoms with E-state index in [9.17, 15) is 0 Å². The number of nitrogens with one attached hydrogen (secondary N) is 1. The Morgan fingerprint density at radius 2 is 2.21 bits per heavy atom. The summed E-state index contributed by atoms with van der Waals surface area (Å²) in [6, 6.07) is 10.5. The molecule has 124 valence electrons. The van der Waals surface area contributed by atoms with Crippen LogP contribution in [-0.4, -0.2) is 25.9 Å². The Hall–Kier alpha value is -2.44. The van der Waals surface area contributed by atoms with Gasteiger partial charge in [0.05, 0.1) is 18.0 Å². The maximum Gasteiger partial charge on any atom is 0.135 e. The first-order valence-corrected chi connectivity index (χ1v) is 8.26. The van der Waals surface area contributed by atoms with Gasteiger partial charge in [-0.3, -0.25) is 0 Å². The second-order valence-corrected chi connectivity index (χ2v) is 5.98. The number of rotatable bonds is 5. The summed E-state index contributed by atoms with van der Waals surface area (Å²) in [7, 11) is 0. The summed E-state index contributed by atoms with van der Waals surface area (Å²) in [6.07, 6.45) is 5.72. The van der Waals surface area contributed by atoms with Crippen LogP contribution < -0.4 is 5.32 Å². The first-order chi connectivity index (χ1) is 11.8. The zero-order valence-corrected chi connectivity index (χ0v) is 13.7. The van der Waals surface area contributed by atoms with E-state index in [4.69, 9.17) is 4.74 Å². The Morgan fingerprint density at radius 1 is 1.29 bits per heavy atom. The molecule has 1 atom stereocenters. The van der Waals surface area contributed by atoms with E-state index in [-0.39, 0.29) is 6.04 Å². The van der Waals surface area contributed by atoms with Crippen LogP contribution in [0, 0.1) is 0 Å². The van der Waals surface area contributed by atoms with Gasteiger partial charge in [-0.2, -0.15) is 5.10 Å². The van der Waals surface area contributed by atoms with E-state index in [0.717, 1.165) is 31.2 Å². The quantitative estimate of drug-likeness (QED) is 0.783. The molecule has 0 spiro atoms. The lowest BCUT2D eigenvalue weighted by atomic mass is 10.1. The number of hydrogen-bond acceptors (Lipinski definition) is 4. The molecule has 1 aliphatic heterocycles. The third-order valence-corrected chi connectivity index (χ3v) is 4.46. The highest BCUT2D eigenvalue weighted by Crippen LogP contribution is 2.21. The van der Waals surface area contributed by atoms with Crippen molar-refractivity contribution in [2.24, 2.45) is 0 Å². The predicted octanol–water partition coefficient (Wildman–Crippen LogP) is 2.45. The van der Waals surface area contributed by atoms with Crippen molar-refractivity contribution in [2.75, 3.05) is 6.61 Å². The van der Waals surface area contributed by atoms with Crippen LogP contribution in [-0.2, 0) is 24.4 Å². The Bertz CT molecular complexity index is 809. The zero-order chi connectivity index (χ0) is 16.4. The van der Waals surface area contributed by atoms with E-state index in [1.807, 2.05) is 29.2 Å². The van der Waals surface area contributed by atoms with Gasteiger partial charge in [0.15, 0.2) is 0 Å². The zero-order valence-electron chi connectivity index (χ0n) is 13.7. The molecule has 1 aliphatic rings. The second-order valence-electron chi connectivity index (χ2n) is 5.98. The van der Waals surface area contributed by atoms with Crippen LogP contribution in [0.3, 0.4) is 0 Å². The fraction of sp³-hybridized carbons (Fsp3) is 0.333. The van der Waals surface area contributed by atoms with Gasteiger partial charge in [-0.05, 0) is 24.6 Å². The van der Waals surface area contributed by atoms with Gasteiger partial charge in [-0.1, -0.05) is 18.2 Å². The summed E-state index contributed by atoms with van der Waals surface area (Å²) in [5.74, 6) is 1.02. The van der Waals surface area contributed by atoms with Crippen molar-refractivity contribution in [1.29, 1.82) is 0 Å². The molecule has 3 heterocycles. The monoisotopic (exact) mass is 323 g/mol. The highest BCUT2D eigenvalue weighted by Gasteiger charge is 2.16. The van der Waals surface area contributed by atoms with Gasteiger partial charge in [0.25, 0.3) is 0 Å². The van der Waals surface area contributed by atoms with Gasteiger partial charge in [0.2, 0.25) is 0 Å². The minimum absolute atomic E-state index is 0.205. The van der Waals surface area contributed by atoms with Crippen molar-refractivity contribution in [1.82, 2.24) is 24.6 Å². The second kappa shape index (κ2) is 6.59. The first-order valence-electron chi connectivity index (χ1n) is 8.26. The molecule has 0 radical (unpaired) electrons. The summed E-state index contributed by atoms with van der Waals surface area (Å²) in [6.45, 7) is 5.21. The summed E-state index contributed by atoms with van der Waals surface area (Å²) >= 11 is 0. The van der Waals surface area contributed by atoms with E-state index in [2.05, 4.69) is 45.1 Å². The molecule has 0 amide bonds. The molecule has 0 fully saturated rings. The minimum Gasteiger partial charge on any atom is -0.372 e. The predicted molar refractivity (Wildman–Crippen MR) is 90.7 cm³/mol. The lowest BCUT2D eigenvalue weighted by Gasteiger charge is -2.20. The normalized spacial score (nSPS) is 15.2. The van der Waals surface area contributed by atoms with Gasteiger partial charge >= 0.3 is 0 Å². The Morgan fingerprint density at radius 3 is 3.08 bits per heavy atom. The lowest BCUT2D eigenvalue weighted by Crippen LogP contribution is -2.24. The van der Waals surface area contributed by atoms with Crippen molar-refractivity contribution in [3.63, 3.8) is 0 Å². The number of hydrogen-bond donors (Lipinski definition) is 1. The van der Waals surface area contributed by atoms with Crippen molar-refractivity contribution in [3.8, 4) is 5.69 Å².